The molecule has 0 aliphatic rings. The molecule has 0 aromatic carbocycles. The maximum absolute atomic E-state index is 11.3. The molecule has 1 aromatic heterocycles. The molecule has 0 unspecified atom stereocenters. The molecule has 0 radical (unpaired) electrons. The van der Waals surface area contributed by atoms with Crippen molar-refractivity contribution in [1.29, 1.82) is 0 Å². The predicted molar refractivity (Wildman–Crippen MR) is 49.4 cm³/mol. The molecule has 4 heteroatoms. The minimum absolute atomic E-state index is 0.211. The number of hydrogen-bond acceptors (Lipinski definition) is 2. The molecule has 64 valence electrons. The fraction of sp³-hybridized carbons (Fsp3) is 0.250. The summed E-state index contributed by atoms with van der Waals surface area (Å²) in [5, 5.41) is 0. The molecular weight excluding hydrogens is 222 g/mol. The first-order chi connectivity index (χ1) is 5.52. The lowest BCUT2D eigenvalue weighted by Crippen LogP contribution is -2.22. The van der Waals surface area contributed by atoms with Crippen LogP contribution in [0.5, 0.6) is 0 Å². The van der Waals surface area contributed by atoms with Crippen molar-refractivity contribution in [3.8, 4) is 0 Å². The van der Waals surface area contributed by atoms with E-state index in [9.17, 15) is 9.59 Å². The Labute approximate surface area is 78.1 Å². The zero-order chi connectivity index (χ0) is 9.30. The average molecular weight is 230 g/mol. The Morgan fingerprint density at radius 3 is 2.67 bits per heavy atom. The number of pyridine rings is 1. The van der Waals surface area contributed by atoms with E-state index in [4.69, 9.17) is 0 Å². The van der Waals surface area contributed by atoms with Crippen LogP contribution >= 0.6 is 15.9 Å². The average Bonchev–Trinajstić information content (AvgIpc) is 1.96. The van der Waals surface area contributed by atoms with Crippen molar-refractivity contribution in [3.05, 3.63) is 32.7 Å². The molecule has 0 saturated heterocycles. The zero-order valence-electron chi connectivity index (χ0n) is 6.80. The Hall–Kier alpha value is -0.900. The first-order valence-corrected chi connectivity index (χ1v) is 4.19. The number of Topliss-reactive ketones (excluding diaryl/α,β-unsaturated/α-hetero) is 1. The van der Waals surface area contributed by atoms with E-state index in [1.54, 1.807) is 13.2 Å². The predicted octanol–water partition coefficient (Wildman–Crippen LogP) is 1.35. The SMILES string of the molecule is CC(=O)c1cc(Br)cn(C)c1=O. The Bertz CT molecular complexity index is 381. The maximum Gasteiger partial charge on any atom is 0.261 e. The van der Waals surface area contributed by atoms with Gasteiger partial charge in [-0.05, 0) is 28.9 Å². The summed E-state index contributed by atoms with van der Waals surface area (Å²) in [5.41, 5.74) is -0.0439. The van der Waals surface area contributed by atoms with Gasteiger partial charge in [-0.3, -0.25) is 9.59 Å². The molecule has 0 fully saturated rings. The molecule has 0 aliphatic heterocycles. The smallest absolute Gasteiger partial charge is 0.261 e. The lowest BCUT2D eigenvalue weighted by molar-refractivity contribution is 0.101. The van der Waals surface area contributed by atoms with Gasteiger partial charge in [0.1, 0.15) is 0 Å². The summed E-state index contributed by atoms with van der Waals surface area (Å²) in [6.07, 6.45) is 1.62. The molecule has 1 aromatic rings. The van der Waals surface area contributed by atoms with E-state index in [0.29, 0.717) is 0 Å². The van der Waals surface area contributed by atoms with Crippen molar-refractivity contribution in [2.45, 2.75) is 6.92 Å². The van der Waals surface area contributed by atoms with Crippen molar-refractivity contribution >= 4 is 21.7 Å². The fourth-order valence-corrected chi connectivity index (χ4v) is 1.46. The van der Waals surface area contributed by atoms with Crippen LogP contribution in [0.25, 0.3) is 0 Å². The lowest BCUT2D eigenvalue weighted by atomic mass is 10.2. The van der Waals surface area contributed by atoms with Gasteiger partial charge in [-0.2, -0.15) is 0 Å². The zero-order valence-corrected chi connectivity index (χ0v) is 8.38. The molecule has 1 heterocycles. The highest BCUT2D eigenvalue weighted by Crippen LogP contribution is 2.08. The summed E-state index contributed by atoms with van der Waals surface area (Å²) in [6.45, 7) is 1.38. The minimum atomic E-state index is -0.259. The summed E-state index contributed by atoms with van der Waals surface area (Å²) in [4.78, 5) is 22.2. The van der Waals surface area contributed by atoms with Crippen LogP contribution < -0.4 is 5.56 Å². The van der Waals surface area contributed by atoms with Crippen LogP contribution in [0.3, 0.4) is 0 Å². The second kappa shape index (κ2) is 3.23. The van der Waals surface area contributed by atoms with Gasteiger partial charge in [-0.25, -0.2) is 0 Å². The van der Waals surface area contributed by atoms with E-state index in [1.165, 1.54) is 17.6 Å². The Kier molecular flexibility index (Phi) is 2.47. The van der Waals surface area contributed by atoms with Crippen LogP contribution in [0.4, 0.5) is 0 Å². The van der Waals surface area contributed by atoms with E-state index in [0.717, 1.165) is 4.47 Å². The van der Waals surface area contributed by atoms with Gasteiger partial charge < -0.3 is 4.57 Å². The van der Waals surface area contributed by atoms with Crippen molar-refractivity contribution in [2.75, 3.05) is 0 Å². The molecule has 0 spiro atoms. The second-order valence-electron chi connectivity index (χ2n) is 2.54. The third-order valence-electron chi connectivity index (χ3n) is 1.53. The van der Waals surface area contributed by atoms with Gasteiger partial charge in [0.25, 0.3) is 5.56 Å². The van der Waals surface area contributed by atoms with Crippen molar-refractivity contribution < 1.29 is 4.79 Å². The number of halogens is 1. The van der Waals surface area contributed by atoms with Crippen LogP contribution in [0.15, 0.2) is 21.5 Å². The molecule has 0 saturated carbocycles. The topological polar surface area (TPSA) is 39.1 Å². The Morgan fingerprint density at radius 2 is 2.17 bits per heavy atom. The molecule has 0 bridgehead atoms. The Balaban J connectivity index is 3.49. The van der Waals surface area contributed by atoms with Gasteiger partial charge in [0, 0.05) is 17.7 Å². The number of aryl methyl sites for hydroxylation is 1. The highest BCUT2D eigenvalue weighted by atomic mass is 79.9. The first kappa shape index (κ1) is 9.19. The standard InChI is InChI=1S/C8H8BrNO2/c1-5(11)7-3-6(9)4-10(2)8(7)12/h3-4H,1-2H3. The van der Waals surface area contributed by atoms with Crippen LogP contribution in [0.1, 0.15) is 17.3 Å². The van der Waals surface area contributed by atoms with E-state index >= 15 is 0 Å². The van der Waals surface area contributed by atoms with Crippen molar-refractivity contribution in [2.24, 2.45) is 7.05 Å². The molecule has 3 nitrogen and oxygen atoms in total. The summed E-state index contributed by atoms with van der Waals surface area (Å²) < 4.78 is 2.11. The summed E-state index contributed by atoms with van der Waals surface area (Å²) in [7, 11) is 1.61. The molecule has 0 aliphatic carbocycles. The number of nitrogens with zero attached hydrogens (tertiary/aromatic N) is 1. The summed E-state index contributed by atoms with van der Waals surface area (Å²) >= 11 is 3.20. The number of hydrogen-bond donors (Lipinski definition) is 0. The van der Waals surface area contributed by atoms with E-state index in [2.05, 4.69) is 15.9 Å². The molecular formula is C8H8BrNO2. The highest BCUT2D eigenvalue weighted by molar-refractivity contribution is 9.10. The van der Waals surface area contributed by atoms with Crippen molar-refractivity contribution in [3.63, 3.8) is 0 Å². The summed E-state index contributed by atoms with van der Waals surface area (Å²) in [5.74, 6) is -0.211. The number of carbonyl (C=O) groups excluding carboxylic acids is 1. The molecule has 0 amide bonds. The maximum atomic E-state index is 11.3. The van der Waals surface area contributed by atoms with Gasteiger partial charge in [0.05, 0.1) is 5.56 Å². The van der Waals surface area contributed by atoms with Gasteiger partial charge in [-0.15, -0.1) is 0 Å². The molecule has 1 rings (SSSR count). The lowest BCUT2D eigenvalue weighted by Gasteiger charge is -2.00. The first-order valence-electron chi connectivity index (χ1n) is 3.39. The number of ketones is 1. The molecule has 12 heavy (non-hydrogen) atoms. The monoisotopic (exact) mass is 229 g/mol. The van der Waals surface area contributed by atoms with Gasteiger partial charge >= 0.3 is 0 Å². The molecule has 0 atom stereocenters. The van der Waals surface area contributed by atoms with Crippen molar-refractivity contribution in [1.82, 2.24) is 4.57 Å². The van der Waals surface area contributed by atoms with E-state index < -0.39 is 0 Å². The van der Waals surface area contributed by atoms with Crippen LogP contribution in [0, 0.1) is 0 Å². The van der Waals surface area contributed by atoms with Gasteiger partial charge in [0.2, 0.25) is 0 Å². The minimum Gasteiger partial charge on any atom is -0.317 e. The number of rotatable bonds is 1. The van der Waals surface area contributed by atoms with Crippen LogP contribution in [-0.2, 0) is 7.05 Å². The number of aromatic nitrogens is 1. The quantitative estimate of drug-likeness (QED) is 0.683. The third-order valence-corrected chi connectivity index (χ3v) is 1.96. The van der Waals surface area contributed by atoms with E-state index in [1.807, 2.05) is 0 Å². The summed E-state index contributed by atoms with van der Waals surface area (Å²) in [6, 6.07) is 1.53. The Morgan fingerprint density at radius 1 is 1.58 bits per heavy atom. The van der Waals surface area contributed by atoms with Gasteiger partial charge in [-0.1, -0.05) is 0 Å². The number of carbonyl (C=O) groups is 1. The highest BCUT2D eigenvalue weighted by Gasteiger charge is 2.06. The van der Waals surface area contributed by atoms with Crippen LogP contribution in [-0.4, -0.2) is 10.4 Å². The normalized spacial score (nSPS) is 9.92. The molecule has 0 N–H and O–H groups in total. The third kappa shape index (κ3) is 1.64. The van der Waals surface area contributed by atoms with Crippen LogP contribution in [0.2, 0.25) is 0 Å². The van der Waals surface area contributed by atoms with E-state index in [-0.39, 0.29) is 16.9 Å². The van der Waals surface area contributed by atoms with Gasteiger partial charge in [0.15, 0.2) is 5.78 Å². The fourth-order valence-electron chi connectivity index (χ4n) is 0.923. The largest absolute Gasteiger partial charge is 0.317 e. The second-order valence-corrected chi connectivity index (χ2v) is 3.46.